The number of cyclic esters (lactones) is 1. The minimum atomic E-state index is -0.476. The predicted molar refractivity (Wildman–Crippen MR) is 91.1 cm³/mol. The third kappa shape index (κ3) is 4.01. The number of benzene rings is 2. The maximum Gasteiger partial charge on any atom is 0.363 e. The van der Waals surface area contributed by atoms with E-state index >= 15 is 0 Å². The van der Waals surface area contributed by atoms with E-state index in [1.807, 2.05) is 61.5 Å². The summed E-state index contributed by atoms with van der Waals surface area (Å²) in [5, 5.41) is 0. The molecule has 0 atom stereocenters. The fourth-order valence-corrected chi connectivity index (χ4v) is 2.16. The Morgan fingerprint density at radius 2 is 1.71 bits per heavy atom. The number of para-hydroxylation sites is 1. The van der Waals surface area contributed by atoms with Gasteiger partial charge >= 0.3 is 5.97 Å². The van der Waals surface area contributed by atoms with Crippen molar-refractivity contribution >= 4 is 17.9 Å². The molecule has 0 unspecified atom stereocenters. The smallest absolute Gasteiger partial charge is 0.363 e. The van der Waals surface area contributed by atoms with Crippen LogP contribution in [0.4, 0.5) is 0 Å². The van der Waals surface area contributed by atoms with Crippen LogP contribution in [-0.2, 0) is 9.53 Å². The summed E-state index contributed by atoms with van der Waals surface area (Å²) in [7, 11) is 0. The van der Waals surface area contributed by atoms with Crippen molar-refractivity contribution in [2.75, 3.05) is 13.2 Å². The maximum atomic E-state index is 11.9. The van der Waals surface area contributed by atoms with Gasteiger partial charge in [0.05, 0.1) is 6.61 Å². The zero-order valence-electron chi connectivity index (χ0n) is 13.3. The second-order valence-corrected chi connectivity index (χ2v) is 5.03. The Balaban J connectivity index is 1.66. The molecule has 3 rings (SSSR count). The van der Waals surface area contributed by atoms with Gasteiger partial charge in [-0.25, -0.2) is 9.79 Å². The van der Waals surface area contributed by atoms with Crippen LogP contribution in [0.1, 0.15) is 12.5 Å². The van der Waals surface area contributed by atoms with Gasteiger partial charge in [-0.1, -0.05) is 30.3 Å². The number of aliphatic imine (C=N–C) groups is 1. The molecular formula is C19H17NO4. The first-order valence-corrected chi connectivity index (χ1v) is 7.67. The molecule has 0 N–H and O–H groups in total. The summed E-state index contributed by atoms with van der Waals surface area (Å²) in [6.45, 7) is 2.65. The largest absolute Gasteiger partial charge is 0.494 e. The van der Waals surface area contributed by atoms with Crippen LogP contribution in [0.5, 0.6) is 11.5 Å². The Morgan fingerprint density at radius 1 is 1.00 bits per heavy atom. The van der Waals surface area contributed by atoms with E-state index in [0.717, 1.165) is 11.3 Å². The number of ether oxygens (including phenoxy) is 3. The van der Waals surface area contributed by atoms with Crippen LogP contribution < -0.4 is 9.47 Å². The van der Waals surface area contributed by atoms with Crippen LogP contribution in [0.2, 0.25) is 0 Å². The zero-order valence-corrected chi connectivity index (χ0v) is 13.3. The van der Waals surface area contributed by atoms with E-state index in [-0.39, 0.29) is 18.2 Å². The first-order chi connectivity index (χ1) is 11.7. The van der Waals surface area contributed by atoms with Crippen molar-refractivity contribution in [3.8, 4) is 11.5 Å². The lowest BCUT2D eigenvalue weighted by molar-refractivity contribution is -0.130. The van der Waals surface area contributed by atoms with Gasteiger partial charge in [0.25, 0.3) is 0 Å². The number of hydrogen-bond donors (Lipinski definition) is 0. The Morgan fingerprint density at radius 3 is 2.42 bits per heavy atom. The average molecular weight is 323 g/mol. The summed E-state index contributed by atoms with van der Waals surface area (Å²) >= 11 is 0. The number of carbonyl (C=O) groups is 1. The third-order valence-electron chi connectivity index (χ3n) is 3.26. The number of nitrogens with zero attached hydrogens (tertiary/aromatic N) is 1. The molecule has 1 aliphatic rings. The molecule has 0 saturated carbocycles. The van der Waals surface area contributed by atoms with Crippen molar-refractivity contribution in [1.82, 2.24) is 0 Å². The van der Waals surface area contributed by atoms with Gasteiger partial charge in [-0.05, 0) is 42.8 Å². The topological polar surface area (TPSA) is 57.1 Å². The Labute approximate surface area is 140 Å². The number of rotatable bonds is 6. The predicted octanol–water partition coefficient (Wildman–Crippen LogP) is 3.46. The van der Waals surface area contributed by atoms with Crippen LogP contribution in [0.15, 0.2) is 65.3 Å². The molecule has 0 radical (unpaired) electrons. The molecule has 0 amide bonds. The first-order valence-electron chi connectivity index (χ1n) is 7.67. The highest BCUT2D eigenvalue weighted by Crippen LogP contribution is 2.19. The molecule has 0 bridgehead atoms. The highest BCUT2D eigenvalue weighted by atomic mass is 16.6. The summed E-state index contributed by atoms with van der Waals surface area (Å²) in [6, 6.07) is 16.7. The van der Waals surface area contributed by atoms with Gasteiger partial charge in [0.2, 0.25) is 5.90 Å². The molecule has 0 saturated heterocycles. The number of hydrogen-bond acceptors (Lipinski definition) is 5. The molecule has 0 fully saturated rings. The molecule has 5 heteroatoms. The summed E-state index contributed by atoms with van der Waals surface area (Å²) in [5.74, 6) is 1.26. The minimum absolute atomic E-state index is 0.108. The Kier molecular flexibility index (Phi) is 4.91. The monoisotopic (exact) mass is 323 g/mol. The van der Waals surface area contributed by atoms with Crippen LogP contribution >= 0.6 is 0 Å². The molecule has 0 spiro atoms. The van der Waals surface area contributed by atoms with E-state index < -0.39 is 5.97 Å². The highest BCUT2D eigenvalue weighted by molar-refractivity contribution is 6.07. The van der Waals surface area contributed by atoms with Crippen LogP contribution in [0.3, 0.4) is 0 Å². The molecule has 0 aromatic heterocycles. The standard InChI is InChI=1S/C19H17NO4/c1-2-22-16-10-8-14(9-11-16)12-17-19(21)24-18(20-17)13-23-15-6-4-3-5-7-15/h3-12H,2,13H2,1H3/b17-12+. The van der Waals surface area contributed by atoms with Crippen LogP contribution in [-0.4, -0.2) is 25.1 Å². The maximum absolute atomic E-state index is 11.9. The van der Waals surface area contributed by atoms with Gasteiger partial charge in [-0.2, -0.15) is 0 Å². The van der Waals surface area contributed by atoms with Gasteiger partial charge in [0.1, 0.15) is 11.5 Å². The zero-order chi connectivity index (χ0) is 16.8. The average Bonchev–Trinajstić information content (AvgIpc) is 2.96. The first kappa shape index (κ1) is 15.8. The minimum Gasteiger partial charge on any atom is -0.494 e. The van der Waals surface area contributed by atoms with Crippen molar-refractivity contribution in [1.29, 1.82) is 0 Å². The SMILES string of the molecule is CCOc1ccc(/C=C2/N=C(COc3ccccc3)OC2=O)cc1. The molecular weight excluding hydrogens is 306 g/mol. The van der Waals surface area contributed by atoms with Gasteiger partial charge < -0.3 is 14.2 Å². The van der Waals surface area contributed by atoms with Gasteiger partial charge in [0.15, 0.2) is 12.3 Å². The molecule has 1 heterocycles. The van der Waals surface area contributed by atoms with Crippen molar-refractivity contribution in [2.24, 2.45) is 4.99 Å². The van der Waals surface area contributed by atoms with E-state index in [4.69, 9.17) is 14.2 Å². The summed E-state index contributed by atoms with van der Waals surface area (Å²) in [5.41, 5.74) is 1.10. The lowest BCUT2D eigenvalue weighted by Gasteiger charge is -2.03. The summed E-state index contributed by atoms with van der Waals surface area (Å²) < 4.78 is 16.0. The number of esters is 1. The van der Waals surface area contributed by atoms with E-state index in [1.54, 1.807) is 6.08 Å². The molecule has 5 nitrogen and oxygen atoms in total. The normalized spacial score (nSPS) is 15.1. The number of carbonyl (C=O) groups excluding carboxylic acids is 1. The van der Waals surface area contributed by atoms with Crippen molar-refractivity contribution in [2.45, 2.75) is 6.92 Å². The molecule has 1 aliphatic heterocycles. The molecule has 24 heavy (non-hydrogen) atoms. The Hall–Kier alpha value is -3.08. The fourth-order valence-electron chi connectivity index (χ4n) is 2.16. The second kappa shape index (κ2) is 7.46. The summed E-state index contributed by atoms with van der Waals surface area (Å²) in [4.78, 5) is 16.1. The van der Waals surface area contributed by atoms with Gasteiger partial charge in [-0.15, -0.1) is 0 Å². The lowest BCUT2D eigenvalue weighted by Crippen LogP contribution is -2.13. The van der Waals surface area contributed by atoms with Crippen molar-refractivity contribution < 1.29 is 19.0 Å². The molecule has 2 aromatic carbocycles. The molecule has 0 aliphatic carbocycles. The molecule has 2 aromatic rings. The van der Waals surface area contributed by atoms with E-state index in [0.29, 0.717) is 12.4 Å². The quantitative estimate of drug-likeness (QED) is 0.603. The fraction of sp³-hybridized carbons (Fsp3) is 0.158. The van der Waals surface area contributed by atoms with E-state index in [1.165, 1.54) is 0 Å². The van der Waals surface area contributed by atoms with Crippen LogP contribution in [0.25, 0.3) is 6.08 Å². The van der Waals surface area contributed by atoms with Crippen molar-refractivity contribution in [3.63, 3.8) is 0 Å². The van der Waals surface area contributed by atoms with Gasteiger partial charge in [-0.3, -0.25) is 0 Å². The third-order valence-corrected chi connectivity index (χ3v) is 3.26. The highest BCUT2D eigenvalue weighted by Gasteiger charge is 2.23. The van der Waals surface area contributed by atoms with E-state index in [2.05, 4.69) is 4.99 Å². The second-order valence-electron chi connectivity index (χ2n) is 5.03. The summed E-state index contributed by atoms with van der Waals surface area (Å²) in [6.07, 6.45) is 1.67. The molecule has 122 valence electrons. The Bertz CT molecular complexity index is 764. The van der Waals surface area contributed by atoms with Gasteiger partial charge in [0, 0.05) is 0 Å². The van der Waals surface area contributed by atoms with E-state index in [9.17, 15) is 4.79 Å². The lowest BCUT2D eigenvalue weighted by atomic mass is 10.2. The van der Waals surface area contributed by atoms with Crippen LogP contribution in [0, 0.1) is 0 Å². The van der Waals surface area contributed by atoms with Crippen molar-refractivity contribution in [3.05, 3.63) is 65.9 Å².